The monoisotopic (exact) mass is 360 g/mol. The highest BCUT2D eigenvalue weighted by Crippen LogP contribution is 2.33. The summed E-state index contributed by atoms with van der Waals surface area (Å²) < 4.78 is 28.0. The van der Waals surface area contributed by atoms with Gasteiger partial charge in [-0.1, -0.05) is 17.7 Å². The lowest BCUT2D eigenvalue weighted by Gasteiger charge is -2.21. The molecule has 6 nitrogen and oxygen atoms in total. The Kier molecular flexibility index (Phi) is 5.89. The third-order valence-electron chi connectivity index (χ3n) is 3.70. The maximum Gasteiger partial charge on any atom is 0.237 e. The summed E-state index contributed by atoms with van der Waals surface area (Å²) in [6.45, 7) is 0.555. The zero-order valence-corrected chi connectivity index (χ0v) is 14.5. The third-order valence-corrected chi connectivity index (χ3v) is 4.91. The van der Waals surface area contributed by atoms with E-state index < -0.39 is 15.9 Å². The van der Waals surface area contributed by atoms with Gasteiger partial charge in [-0.2, -0.15) is 0 Å². The molecule has 2 rings (SSSR count). The molecule has 0 aliphatic carbocycles. The van der Waals surface area contributed by atoms with Gasteiger partial charge in [-0.15, -0.1) is 0 Å². The highest BCUT2D eigenvalue weighted by molar-refractivity contribution is 7.90. The number of nitrogens with two attached hydrogens (primary N) is 1. The molecule has 1 aromatic carbocycles. The first-order valence-corrected chi connectivity index (χ1v) is 9.86. The van der Waals surface area contributed by atoms with Crippen molar-refractivity contribution in [2.45, 2.75) is 31.3 Å². The Morgan fingerprint density at radius 2 is 2.26 bits per heavy atom. The number of sulfone groups is 1. The second-order valence-electron chi connectivity index (χ2n) is 5.76. The lowest BCUT2D eigenvalue weighted by molar-refractivity contribution is -0.123. The molecule has 0 saturated carbocycles. The van der Waals surface area contributed by atoms with Gasteiger partial charge in [0.1, 0.15) is 15.6 Å². The zero-order chi connectivity index (χ0) is 17.0. The number of carbonyl (C=O) groups excluding carboxylic acids is 1. The summed E-state index contributed by atoms with van der Waals surface area (Å²) in [6.07, 6.45) is 2.73. The fourth-order valence-corrected chi connectivity index (χ4v) is 3.29. The van der Waals surface area contributed by atoms with E-state index >= 15 is 0 Å². The molecular formula is C15H21ClN2O4S. The van der Waals surface area contributed by atoms with Gasteiger partial charge in [-0.3, -0.25) is 4.79 Å². The minimum absolute atomic E-state index is 0.0986. The molecule has 0 aromatic heterocycles. The molecule has 2 unspecified atom stereocenters. The van der Waals surface area contributed by atoms with Gasteiger partial charge in [0.25, 0.3) is 0 Å². The van der Waals surface area contributed by atoms with Crippen LogP contribution in [0, 0.1) is 0 Å². The number of benzene rings is 1. The number of carbonyl (C=O) groups is 1. The van der Waals surface area contributed by atoms with E-state index in [4.69, 9.17) is 22.1 Å². The summed E-state index contributed by atoms with van der Waals surface area (Å²) in [5.41, 5.74) is 6.65. The molecule has 8 heteroatoms. The fourth-order valence-electron chi connectivity index (χ4n) is 2.45. The van der Waals surface area contributed by atoms with Crippen molar-refractivity contribution in [2.75, 3.05) is 18.6 Å². The van der Waals surface area contributed by atoms with Crippen molar-refractivity contribution in [1.29, 1.82) is 0 Å². The molecular weight excluding hydrogens is 340 g/mol. The van der Waals surface area contributed by atoms with Gasteiger partial charge >= 0.3 is 0 Å². The standard InChI is InChI=1S/C15H21ClN2O4S/c1-23(20,21)8-6-12(17)15(19)18-13-3-2-7-22-14-9-10(16)4-5-11(13)14/h4-5,9,12-13H,2-3,6-8,17H2,1H3,(H,18,19). The average molecular weight is 361 g/mol. The summed E-state index contributed by atoms with van der Waals surface area (Å²) in [4.78, 5) is 12.2. The lowest BCUT2D eigenvalue weighted by Crippen LogP contribution is -2.43. The number of fused-ring (bicyclic) bond motifs is 1. The van der Waals surface area contributed by atoms with E-state index in [1.807, 2.05) is 6.07 Å². The zero-order valence-electron chi connectivity index (χ0n) is 12.9. The van der Waals surface area contributed by atoms with Crippen LogP contribution in [0.3, 0.4) is 0 Å². The molecule has 1 aromatic rings. The first kappa shape index (κ1) is 18.0. The van der Waals surface area contributed by atoms with Crippen LogP contribution >= 0.6 is 11.6 Å². The smallest absolute Gasteiger partial charge is 0.237 e. The van der Waals surface area contributed by atoms with Gasteiger partial charge in [0.15, 0.2) is 0 Å². The summed E-state index contributed by atoms with van der Waals surface area (Å²) >= 11 is 5.97. The topological polar surface area (TPSA) is 98.5 Å². The van der Waals surface area contributed by atoms with Crippen LogP contribution in [0.1, 0.15) is 30.9 Å². The van der Waals surface area contributed by atoms with Crippen LogP contribution in [0.5, 0.6) is 5.75 Å². The molecule has 128 valence electrons. The van der Waals surface area contributed by atoms with Gasteiger partial charge in [0, 0.05) is 16.8 Å². The summed E-state index contributed by atoms with van der Waals surface area (Å²) in [6, 6.07) is 4.23. The minimum atomic E-state index is -3.14. The van der Waals surface area contributed by atoms with Crippen LogP contribution in [-0.2, 0) is 14.6 Å². The van der Waals surface area contributed by atoms with Crippen molar-refractivity contribution < 1.29 is 17.9 Å². The van der Waals surface area contributed by atoms with Crippen LogP contribution in [0.25, 0.3) is 0 Å². The second-order valence-corrected chi connectivity index (χ2v) is 8.46. The Balaban J connectivity index is 2.06. The number of hydrogen-bond acceptors (Lipinski definition) is 5. The molecule has 1 amide bonds. The molecule has 0 fully saturated rings. The predicted octanol–water partition coefficient (Wildman–Crippen LogP) is 1.43. The van der Waals surface area contributed by atoms with Crippen LogP contribution < -0.4 is 15.8 Å². The van der Waals surface area contributed by atoms with E-state index in [0.29, 0.717) is 17.4 Å². The highest BCUT2D eigenvalue weighted by atomic mass is 35.5. The maximum absolute atomic E-state index is 12.2. The van der Waals surface area contributed by atoms with Crippen molar-refractivity contribution in [3.63, 3.8) is 0 Å². The van der Waals surface area contributed by atoms with Gasteiger partial charge in [-0.25, -0.2) is 8.42 Å². The van der Waals surface area contributed by atoms with Crippen LogP contribution in [-0.4, -0.2) is 39.0 Å². The van der Waals surface area contributed by atoms with E-state index in [0.717, 1.165) is 24.7 Å². The lowest BCUT2D eigenvalue weighted by atomic mass is 10.0. The first-order valence-electron chi connectivity index (χ1n) is 7.42. The molecule has 0 bridgehead atoms. The Hall–Kier alpha value is -1.31. The van der Waals surface area contributed by atoms with E-state index in [9.17, 15) is 13.2 Å². The summed E-state index contributed by atoms with van der Waals surface area (Å²) in [5.74, 6) is 0.188. The molecule has 1 aliphatic rings. The largest absolute Gasteiger partial charge is 0.493 e. The molecule has 0 spiro atoms. The second kappa shape index (κ2) is 7.51. The SMILES string of the molecule is CS(=O)(=O)CCC(N)C(=O)NC1CCCOc2cc(Cl)ccc21. The number of amides is 1. The highest BCUT2D eigenvalue weighted by Gasteiger charge is 2.24. The summed E-state index contributed by atoms with van der Waals surface area (Å²) in [5, 5.41) is 3.46. The quantitative estimate of drug-likeness (QED) is 0.827. The Morgan fingerprint density at radius 3 is 2.96 bits per heavy atom. The average Bonchev–Trinajstić information content (AvgIpc) is 2.66. The normalized spacial score (nSPS) is 19.2. The van der Waals surface area contributed by atoms with Gasteiger partial charge in [0.2, 0.25) is 5.91 Å². The third kappa shape index (κ3) is 5.37. The van der Waals surface area contributed by atoms with Crippen LogP contribution in [0.2, 0.25) is 5.02 Å². The van der Waals surface area contributed by atoms with Gasteiger partial charge in [-0.05, 0) is 31.4 Å². The predicted molar refractivity (Wildman–Crippen MR) is 89.4 cm³/mol. The summed E-state index contributed by atoms with van der Waals surface area (Å²) in [7, 11) is -3.14. The van der Waals surface area contributed by atoms with E-state index in [1.165, 1.54) is 0 Å². The van der Waals surface area contributed by atoms with Crippen molar-refractivity contribution in [2.24, 2.45) is 5.73 Å². The number of rotatable bonds is 5. The number of hydrogen-bond donors (Lipinski definition) is 2. The van der Waals surface area contributed by atoms with Crippen LogP contribution in [0.4, 0.5) is 0 Å². The molecule has 0 radical (unpaired) electrons. The molecule has 1 aliphatic heterocycles. The molecule has 3 N–H and O–H groups in total. The van der Waals surface area contributed by atoms with Crippen molar-refractivity contribution >= 4 is 27.3 Å². The van der Waals surface area contributed by atoms with Crippen LogP contribution in [0.15, 0.2) is 18.2 Å². The van der Waals surface area contributed by atoms with E-state index in [-0.39, 0.29) is 24.1 Å². The molecule has 2 atom stereocenters. The Morgan fingerprint density at radius 1 is 1.52 bits per heavy atom. The molecule has 1 heterocycles. The molecule has 0 saturated heterocycles. The van der Waals surface area contributed by atoms with Crippen molar-refractivity contribution in [1.82, 2.24) is 5.32 Å². The Bertz CT molecular complexity index is 678. The van der Waals surface area contributed by atoms with Gasteiger partial charge in [0.05, 0.1) is 24.4 Å². The number of ether oxygens (including phenoxy) is 1. The number of halogens is 1. The maximum atomic E-state index is 12.2. The Labute approximate surface area is 141 Å². The fraction of sp³-hybridized carbons (Fsp3) is 0.533. The van der Waals surface area contributed by atoms with Crippen molar-refractivity contribution in [3.8, 4) is 5.75 Å². The minimum Gasteiger partial charge on any atom is -0.493 e. The molecule has 23 heavy (non-hydrogen) atoms. The van der Waals surface area contributed by atoms with E-state index in [2.05, 4.69) is 5.32 Å². The first-order chi connectivity index (χ1) is 10.8. The number of nitrogens with one attached hydrogen (secondary N) is 1. The van der Waals surface area contributed by atoms with E-state index in [1.54, 1.807) is 12.1 Å². The van der Waals surface area contributed by atoms with Gasteiger partial charge < -0.3 is 15.8 Å². The van der Waals surface area contributed by atoms with Crippen molar-refractivity contribution in [3.05, 3.63) is 28.8 Å².